The highest BCUT2D eigenvalue weighted by Gasteiger charge is 2.61. The van der Waals surface area contributed by atoms with Crippen LogP contribution in [0, 0.1) is 5.41 Å². The summed E-state index contributed by atoms with van der Waals surface area (Å²) in [6, 6.07) is 0. The van der Waals surface area contributed by atoms with E-state index in [1.807, 2.05) is 0 Å². The molecule has 0 radical (unpaired) electrons. The minimum atomic E-state index is 0.114. The van der Waals surface area contributed by atoms with E-state index >= 15 is 0 Å². The molecule has 0 N–H and O–H groups in total. The van der Waals surface area contributed by atoms with E-state index in [0.29, 0.717) is 21.4 Å². The summed E-state index contributed by atoms with van der Waals surface area (Å²) < 4.78 is 0. The molecule has 2 unspecified atom stereocenters. The van der Waals surface area contributed by atoms with Crippen molar-refractivity contribution in [3.05, 3.63) is 0 Å². The summed E-state index contributed by atoms with van der Waals surface area (Å²) in [6.07, 6.45) is 0. The number of rotatable bonds is 2. The van der Waals surface area contributed by atoms with Crippen LogP contribution in [-0.2, 0) is 0 Å². The fourth-order valence-electron chi connectivity index (χ4n) is 0.723. The molecule has 1 rings (SSSR count). The van der Waals surface area contributed by atoms with Gasteiger partial charge in [0.2, 0.25) is 0 Å². The van der Waals surface area contributed by atoms with Gasteiger partial charge in [0.25, 0.3) is 0 Å². The van der Waals surface area contributed by atoms with Crippen LogP contribution in [-0.4, -0.2) is 21.4 Å². The average molecular weight is 297 g/mol. The van der Waals surface area contributed by atoms with Gasteiger partial charge in [-0.1, -0.05) is 31.9 Å². The Labute approximate surface area is 81.5 Å². The van der Waals surface area contributed by atoms with Crippen molar-refractivity contribution >= 4 is 55.1 Å². The summed E-state index contributed by atoms with van der Waals surface area (Å²) in [7, 11) is 0. The molecule has 0 heterocycles. The number of hydrogen-bond donors (Lipinski definition) is 0. The summed E-state index contributed by atoms with van der Waals surface area (Å²) in [4.78, 5) is 0.917. The molecule has 1 aliphatic rings. The molecule has 1 saturated carbocycles. The predicted octanol–water partition coefficient (Wildman–Crippen LogP) is 2.99. The first kappa shape index (κ1) is 8.63. The van der Waals surface area contributed by atoms with Crippen LogP contribution in [0.5, 0.6) is 0 Å². The van der Waals surface area contributed by atoms with Crippen molar-refractivity contribution in [2.24, 2.45) is 5.41 Å². The van der Waals surface area contributed by atoms with E-state index in [-0.39, 0.29) is 5.41 Å². The van der Waals surface area contributed by atoms with Gasteiger partial charge in [-0.05, 0) is 0 Å². The summed E-state index contributed by atoms with van der Waals surface area (Å²) in [6.45, 7) is 0. The molecule has 0 aliphatic heterocycles. The van der Waals surface area contributed by atoms with Gasteiger partial charge in [-0.2, -0.15) is 0 Å². The summed E-state index contributed by atoms with van der Waals surface area (Å²) >= 11 is 18.4. The van der Waals surface area contributed by atoms with Crippen LogP contribution in [0.15, 0.2) is 0 Å². The Hall–Kier alpha value is 1.54. The lowest BCUT2D eigenvalue weighted by atomic mass is 10.2. The second-order valence-electron chi connectivity index (χ2n) is 2.30. The van der Waals surface area contributed by atoms with Gasteiger partial charge in [-0.25, -0.2) is 0 Å². The maximum Gasteiger partial charge on any atom is 0.0368 e. The second-order valence-corrected chi connectivity index (χ2v) is 4.81. The number of halogens is 4. The smallest absolute Gasteiger partial charge is 0.0368 e. The van der Waals surface area contributed by atoms with Crippen LogP contribution in [0.4, 0.5) is 0 Å². The molecule has 0 spiro atoms. The standard InChI is InChI=1S/C5H6Br2Cl2/c6-3-4(7)5(3,1-8)2-9/h3-4H,1-2H2. The van der Waals surface area contributed by atoms with Crippen LogP contribution in [0.25, 0.3) is 0 Å². The van der Waals surface area contributed by atoms with E-state index in [2.05, 4.69) is 31.9 Å². The highest BCUT2D eigenvalue weighted by molar-refractivity contribution is 9.13. The topological polar surface area (TPSA) is 0 Å². The first-order chi connectivity index (χ1) is 4.19. The van der Waals surface area contributed by atoms with E-state index in [0.717, 1.165) is 0 Å². The minimum Gasteiger partial charge on any atom is -0.126 e. The van der Waals surface area contributed by atoms with Crippen molar-refractivity contribution in [2.45, 2.75) is 9.65 Å². The highest BCUT2D eigenvalue weighted by Crippen LogP contribution is 2.57. The van der Waals surface area contributed by atoms with Gasteiger partial charge in [0.15, 0.2) is 0 Å². The molecule has 4 heteroatoms. The molecule has 0 nitrogen and oxygen atoms in total. The van der Waals surface area contributed by atoms with Crippen molar-refractivity contribution in [3.8, 4) is 0 Å². The van der Waals surface area contributed by atoms with Gasteiger partial charge >= 0.3 is 0 Å². The van der Waals surface area contributed by atoms with E-state index < -0.39 is 0 Å². The van der Waals surface area contributed by atoms with Gasteiger partial charge < -0.3 is 0 Å². The third kappa shape index (κ3) is 1.17. The molecule has 0 aromatic carbocycles. The van der Waals surface area contributed by atoms with Crippen molar-refractivity contribution < 1.29 is 0 Å². The summed E-state index contributed by atoms with van der Waals surface area (Å²) in [5.41, 5.74) is 0.114. The van der Waals surface area contributed by atoms with Crippen molar-refractivity contribution in [1.82, 2.24) is 0 Å². The SMILES string of the molecule is ClCC1(CCl)C(Br)C1Br. The lowest BCUT2D eigenvalue weighted by Crippen LogP contribution is -2.09. The third-order valence-electron chi connectivity index (χ3n) is 1.74. The molecular weight excluding hydrogens is 291 g/mol. The third-order valence-corrected chi connectivity index (χ3v) is 6.33. The van der Waals surface area contributed by atoms with E-state index in [1.54, 1.807) is 0 Å². The van der Waals surface area contributed by atoms with Crippen molar-refractivity contribution in [3.63, 3.8) is 0 Å². The quantitative estimate of drug-likeness (QED) is 0.687. The molecular formula is C5H6Br2Cl2. The Morgan fingerprint density at radius 3 is 1.44 bits per heavy atom. The first-order valence-corrected chi connectivity index (χ1v) is 5.49. The molecule has 1 fully saturated rings. The Bertz CT molecular complexity index is 104. The Kier molecular flexibility index (Phi) is 2.76. The fourth-order valence-corrected chi connectivity index (χ4v) is 4.74. The van der Waals surface area contributed by atoms with Gasteiger partial charge in [0, 0.05) is 26.8 Å². The lowest BCUT2D eigenvalue weighted by Gasteiger charge is -2.04. The zero-order valence-corrected chi connectivity index (χ0v) is 9.26. The Morgan fingerprint density at radius 2 is 1.44 bits per heavy atom. The predicted molar refractivity (Wildman–Crippen MR) is 49.3 cm³/mol. The van der Waals surface area contributed by atoms with Crippen LogP contribution >= 0.6 is 55.1 Å². The monoisotopic (exact) mass is 294 g/mol. The molecule has 0 saturated heterocycles. The Balaban J connectivity index is 2.54. The number of hydrogen-bond acceptors (Lipinski definition) is 0. The highest BCUT2D eigenvalue weighted by atomic mass is 79.9. The van der Waals surface area contributed by atoms with Crippen LogP contribution < -0.4 is 0 Å². The summed E-state index contributed by atoms with van der Waals surface area (Å²) in [5.74, 6) is 1.25. The Morgan fingerprint density at radius 1 is 1.11 bits per heavy atom. The van der Waals surface area contributed by atoms with Crippen LogP contribution in [0.1, 0.15) is 0 Å². The second kappa shape index (κ2) is 2.88. The van der Waals surface area contributed by atoms with Crippen molar-refractivity contribution in [2.75, 3.05) is 11.8 Å². The van der Waals surface area contributed by atoms with E-state index in [4.69, 9.17) is 23.2 Å². The molecule has 2 atom stereocenters. The van der Waals surface area contributed by atoms with Gasteiger partial charge in [0.05, 0.1) is 0 Å². The van der Waals surface area contributed by atoms with Gasteiger partial charge in [-0.3, -0.25) is 0 Å². The maximum absolute atomic E-state index is 5.70. The molecule has 0 amide bonds. The van der Waals surface area contributed by atoms with Crippen LogP contribution in [0.2, 0.25) is 0 Å². The largest absolute Gasteiger partial charge is 0.126 e. The fraction of sp³-hybridized carbons (Fsp3) is 1.00. The maximum atomic E-state index is 5.70. The van der Waals surface area contributed by atoms with E-state index in [1.165, 1.54) is 0 Å². The average Bonchev–Trinajstić information content (AvgIpc) is 2.39. The number of alkyl halides is 4. The normalized spacial score (nSPS) is 38.7. The molecule has 0 bridgehead atoms. The molecule has 0 aromatic heterocycles. The first-order valence-electron chi connectivity index (χ1n) is 2.59. The van der Waals surface area contributed by atoms with Crippen molar-refractivity contribution in [1.29, 1.82) is 0 Å². The molecule has 1 aliphatic carbocycles. The minimum absolute atomic E-state index is 0.114. The van der Waals surface area contributed by atoms with E-state index in [9.17, 15) is 0 Å². The van der Waals surface area contributed by atoms with Gasteiger partial charge in [0.1, 0.15) is 0 Å². The summed E-state index contributed by atoms with van der Waals surface area (Å²) in [5, 5.41) is 0. The molecule has 9 heavy (non-hydrogen) atoms. The zero-order chi connectivity index (χ0) is 7.07. The molecule has 0 aromatic rings. The zero-order valence-electron chi connectivity index (χ0n) is 4.58. The van der Waals surface area contributed by atoms with Crippen LogP contribution in [0.3, 0.4) is 0 Å². The van der Waals surface area contributed by atoms with Gasteiger partial charge in [-0.15, -0.1) is 23.2 Å². The molecule has 54 valence electrons. The lowest BCUT2D eigenvalue weighted by molar-refractivity contribution is 0.685.